The van der Waals surface area contributed by atoms with Crippen molar-refractivity contribution in [1.82, 2.24) is 9.97 Å². The van der Waals surface area contributed by atoms with Crippen LogP contribution in [0.1, 0.15) is 22.6 Å². The molecule has 2 aromatic rings. The fourth-order valence-electron chi connectivity index (χ4n) is 1.58. The number of nitrogens with zero attached hydrogens (tertiary/aromatic N) is 1. The van der Waals surface area contributed by atoms with Gasteiger partial charge in [0, 0.05) is 22.7 Å². The molecule has 4 heteroatoms. The predicted octanol–water partition coefficient (Wildman–Crippen LogP) is 4.00. The number of rotatable bonds is 2. The fourth-order valence-corrected chi connectivity index (χ4v) is 1.97. The lowest BCUT2D eigenvalue weighted by atomic mass is 10.1. The lowest BCUT2D eigenvalue weighted by Gasteiger charge is -2.06. The van der Waals surface area contributed by atoms with Crippen molar-refractivity contribution in [2.24, 2.45) is 0 Å². The molecule has 0 fully saturated rings. The molecule has 1 N–H and O–H groups in total. The maximum absolute atomic E-state index is 5.85. The van der Waals surface area contributed by atoms with Gasteiger partial charge in [0.1, 0.15) is 10.5 Å². The Kier molecular flexibility index (Phi) is 3.60. The Labute approximate surface area is 111 Å². The van der Waals surface area contributed by atoms with Crippen LogP contribution in [0.25, 0.3) is 0 Å². The molecular formula is C13H13ClN2S. The molecule has 0 aliphatic rings. The highest BCUT2D eigenvalue weighted by molar-refractivity contribution is 7.71. The highest BCUT2D eigenvalue weighted by atomic mass is 35.5. The number of H-pyrrole nitrogens is 1. The molecule has 0 amide bonds. The largest absolute Gasteiger partial charge is 0.347 e. The van der Waals surface area contributed by atoms with Crippen molar-refractivity contribution < 1.29 is 0 Å². The third kappa shape index (κ3) is 2.93. The Bertz CT molecular complexity index is 587. The molecule has 2 nitrogen and oxygen atoms in total. The molecule has 1 heterocycles. The number of benzene rings is 1. The van der Waals surface area contributed by atoms with Crippen LogP contribution in [0.5, 0.6) is 0 Å². The van der Waals surface area contributed by atoms with Gasteiger partial charge in [0.15, 0.2) is 0 Å². The van der Waals surface area contributed by atoms with Crippen LogP contribution in [0.4, 0.5) is 0 Å². The molecule has 0 bridgehead atoms. The Morgan fingerprint density at radius 3 is 2.47 bits per heavy atom. The van der Waals surface area contributed by atoms with E-state index >= 15 is 0 Å². The Balaban J connectivity index is 2.30. The number of hydrogen-bond acceptors (Lipinski definition) is 2. The first kappa shape index (κ1) is 12.3. The first-order valence-corrected chi connectivity index (χ1v) is 6.16. The standard InChI is InChI=1S/C13H13ClN2S/c1-8-9(2)15-12(16-13(8)17)7-10-3-5-11(14)6-4-10/h3-6H,7H2,1-2H3,(H,15,16,17). The van der Waals surface area contributed by atoms with Gasteiger partial charge in [0.25, 0.3) is 0 Å². The second-order valence-corrected chi connectivity index (χ2v) is 4.87. The minimum Gasteiger partial charge on any atom is -0.347 e. The highest BCUT2D eigenvalue weighted by Crippen LogP contribution is 2.13. The normalized spacial score (nSPS) is 10.5. The number of halogens is 1. The Morgan fingerprint density at radius 1 is 1.24 bits per heavy atom. The van der Waals surface area contributed by atoms with Crippen molar-refractivity contribution in [2.75, 3.05) is 0 Å². The van der Waals surface area contributed by atoms with E-state index in [0.29, 0.717) is 4.64 Å². The van der Waals surface area contributed by atoms with Gasteiger partial charge in [-0.1, -0.05) is 36.0 Å². The zero-order chi connectivity index (χ0) is 12.4. The van der Waals surface area contributed by atoms with Gasteiger partial charge in [0.2, 0.25) is 0 Å². The molecule has 0 atom stereocenters. The van der Waals surface area contributed by atoms with Gasteiger partial charge in [-0.05, 0) is 31.5 Å². The average Bonchev–Trinajstić information content (AvgIpc) is 2.29. The summed E-state index contributed by atoms with van der Waals surface area (Å²) in [5.41, 5.74) is 3.28. The third-order valence-electron chi connectivity index (χ3n) is 2.74. The summed E-state index contributed by atoms with van der Waals surface area (Å²) >= 11 is 11.1. The van der Waals surface area contributed by atoms with E-state index in [9.17, 15) is 0 Å². The highest BCUT2D eigenvalue weighted by Gasteiger charge is 2.02. The van der Waals surface area contributed by atoms with E-state index in [2.05, 4.69) is 9.97 Å². The molecule has 1 aromatic carbocycles. The summed E-state index contributed by atoms with van der Waals surface area (Å²) in [6.07, 6.45) is 0.738. The number of nitrogens with one attached hydrogen (secondary N) is 1. The van der Waals surface area contributed by atoms with E-state index in [1.54, 1.807) is 0 Å². The summed E-state index contributed by atoms with van der Waals surface area (Å²) in [4.78, 5) is 7.65. The fraction of sp³-hybridized carbons (Fsp3) is 0.231. The van der Waals surface area contributed by atoms with E-state index in [0.717, 1.165) is 34.1 Å². The smallest absolute Gasteiger partial charge is 0.132 e. The summed E-state index contributed by atoms with van der Waals surface area (Å²) in [6, 6.07) is 7.76. The number of aryl methyl sites for hydroxylation is 1. The Morgan fingerprint density at radius 2 is 1.88 bits per heavy atom. The zero-order valence-corrected chi connectivity index (χ0v) is 11.3. The molecule has 0 aliphatic carbocycles. The summed E-state index contributed by atoms with van der Waals surface area (Å²) in [5, 5.41) is 0.745. The van der Waals surface area contributed by atoms with Crippen LogP contribution in [-0.2, 0) is 6.42 Å². The molecular weight excluding hydrogens is 252 g/mol. The lowest BCUT2D eigenvalue weighted by molar-refractivity contribution is 0.918. The van der Waals surface area contributed by atoms with Crippen LogP contribution in [0.3, 0.4) is 0 Å². The topological polar surface area (TPSA) is 28.7 Å². The lowest BCUT2D eigenvalue weighted by Crippen LogP contribution is -2.01. The SMILES string of the molecule is Cc1[nH]c(Cc2ccc(Cl)cc2)nc(=S)c1C. The number of aromatic nitrogens is 2. The molecule has 0 saturated heterocycles. The summed E-state index contributed by atoms with van der Waals surface area (Å²) in [6.45, 7) is 3.99. The number of hydrogen-bond donors (Lipinski definition) is 1. The second kappa shape index (κ2) is 4.98. The quantitative estimate of drug-likeness (QED) is 0.831. The minimum absolute atomic E-state index is 0.671. The predicted molar refractivity (Wildman–Crippen MR) is 73.2 cm³/mol. The summed E-state index contributed by atoms with van der Waals surface area (Å²) in [7, 11) is 0. The van der Waals surface area contributed by atoms with Gasteiger partial charge in [-0.25, -0.2) is 4.98 Å². The van der Waals surface area contributed by atoms with Crippen molar-refractivity contribution in [2.45, 2.75) is 20.3 Å². The molecule has 2 rings (SSSR count). The van der Waals surface area contributed by atoms with Crippen LogP contribution in [0.15, 0.2) is 24.3 Å². The van der Waals surface area contributed by atoms with Crippen molar-refractivity contribution in [3.05, 3.63) is 56.6 Å². The van der Waals surface area contributed by atoms with Crippen molar-refractivity contribution in [3.8, 4) is 0 Å². The summed E-state index contributed by atoms with van der Waals surface area (Å²) in [5.74, 6) is 0.889. The van der Waals surface area contributed by atoms with Gasteiger partial charge < -0.3 is 4.98 Å². The van der Waals surface area contributed by atoms with Gasteiger partial charge >= 0.3 is 0 Å². The molecule has 0 saturated carbocycles. The van der Waals surface area contributed by atoms with Crippen molar-refractivity contribution in [1.29, 1.82) is 0 Å². The van der Waals surface area contributed by atoms with Gasteiger partial charge in [0.05, 0.1) is 0 Å². The third-order valence-corrected chi connectivity index (χ3v) is 3.39. The number of aromatic amines is 1. The van der Waals surface area contributed by atoms with Crippen LogP contribution in [0, 0.1) is 18.5 Å². The van der Waals surface area contributed by atoms with E-state index in [1.165, 1.54) is 0 Å². The molecule has 88 valence electrons. The van der Waals surface area contributed by atoms with E-state index < -0.39 is 0 Å². The van der Waals surface area contributed by atoms with Crippen LogP contribution < -0.4 is 0 Å². The molecule has 1 aromatic heterocycles. The minimum atomic E-state index is 0.671. The average molecular weight is 265 g/mol. The van der Waals surface area contributed by atoms with Gasteiger partial charge in [-0.3, -0.25) is 0 Å². The molecule has 17 heavy (non-hydrogen) atoms. The Hall–Kier alpha value is -1.19. The van der Waals surface area contributed by atoms with Crippen LogP contribution in [-0.4, -0.2) is 9.97 Å². The maximum atomic E-state index is 5.85. The molecule has 0 radical (unpaired) electrons. The van der Waals surface area contributed by atoms with Crippen molar-refractivity contribution in [3.63, 3.8) is 0 Å². The van der Waals surface area contributed by atoms with E-state index in [1.807, 2.05) is 38.1 Å². The molecule has 0 unspecified atom stereocenters. The van der Waals surface area contributed by atoms with Gasteiger partial charge in [-0.2, -0.15) is 0 Å². The van der Waals surface area contributed by atoms with Gasteiger partial charge in [-0.15, -0.1) is 0 Å². The zero-order valence-electron chi connectivity index (χ0n) is 9.75. The second-order valence-electron chi connectivity index (χ2n) is 4.04. The molecule has 0 aliphatic heterocycles. The van der Waals surface area contributed by atoms with Crippen LogP contribution >= 0.6 is 23.8 Å². The maximum Gasteiger partial charge on any atom is 0.132 e. The van der Waals surface area contributed by atoms with E-state index in [-0.39, 0.29) is 0 Å². The van der Waals surface area contributed by atoms with E-state index in [4.69, 9.17) is 23.8 Å². The van der Waals surface area contributed by atoms with Crippen molar-refractivity contribution >= 4 is 23.8 Å². The molecule has 0 spiro atoms. The first-order valence-electron chi connectivity index (χ1n) is 5.37. The summed E-state index contributed by atoms with van der Waals surface area (Å²) < 4.78 is 0.671. The van der Waals surface area contributed by atoms with Crippen LogP contribution in [0.2, 0.25) is 5.02 Å². The first-order chi connectivity index (χ1) is 8.06. The monoisotopic (exact) mass is 264 g/mol.